The van der Waals surface area contributed by atoms with E-state index in [-0.39, 0.29) is 13.1 Å². The molecule has 2 aromatic rings. The Bertz CT molecular complexity index is 702. The molecule has 0 aliphatic heterocycles. The molecule has 0 saturated heterocycles. The van der Waals surface area contributed by atoms with E-state index >= 15 is 0 Å². The molecule has 0 atom stereocenters. The highest BCUT2D eigenvalue weighted by atomic mass is 16.5. The summed E-state index contributed by atoms with van der Waals surface area (Å²) in [5.74, 6) is -0.320. The van der Waals surface area contributed by atoms with E-state index in [1.165, 1.54) is 4.90 Å². The van der Waals surface area contributed by atoms with Gasteiger partial charge in [-0.3, -0.25) is 4.79 Å². The minimum atomic E-state index is -1.06. The summed E-state index contributed by atoms with van der Waals surface area (Å²) in [5.41, 5.74) is 1.45. The molecule has 0 aliphatic carbocycles. The smallest absolute Gasteiger partial charge is 0.323 e. The zero-order chi connectivity index (χ0) is 18.8. The lowest BCUT2D eigenvalue weighted by molar-refractivity contribution is -0.137. The van der Waals surface area contributed by atoms with Gasteiger partial charge in [0.05, 0.1) is 6.61 Å². The van der Waals surface area contributed by atoms with E-state index < -0.39 is 12.0 Å². The third-order valence-corrected chi connectivity index (χ3v) is 3.70. The number of nitrogens with zero attached hydrogens (tertiary/aromatic N) is 1. The highest BCUT2D eigenvalue weighted by molar-refractivity contribution is 5.91. The molecule has 0 bridgehead atoms. The molecule has 138 valence electrons. The molecule has 0 heterocycles. The molecule has 2 N–H and O–H groups in total. The van der Waals surface area contributed by atoms with Crippen molar-refractivity contribution in [1.29, 1.82) is 0 Å². The van der Waals surface area contributed by atoms with Crippen LogP contribution < -0.4 is 10.1 Å². The summed E-state index contributed by atoms with van der Waals surface area (Å²) in [5, 5.41) is 11.8. The lowest BCUT2D eigenvalue weighted by Crippen LogP contribution is -2.38. The summed E-state index contributed by atoms with van der Waals surface area (Å²) in [6.45, 7) is 2.60. The van der Waals surface area contributed by atoms with Crippen molar-refractivity contribution in [2.24, 2.45) is 0 Å². The van der Waals surface area contributed by atoms with Gasteiger partial charge in [-0.2, -0.15) is 0 Å². The topological polar surface area (TPSA) is 78.9 Å². The monoisotopic (exact) mass is 356 g/mol. The zero-order valence-electron chi connectivity index (χ0n) is 14.9. The van der Waals surface area contributed by atoms with Gasteiger partial charge in [0.2, 0.25) is 0 Å². The van der Waals surface area contributed by atoms with Crippen molar-refractivity contribution in [3.8, 4) is 5.75 Å². The van der Waals surface area contributed by atoms with Gasteiger partial charge in [0.15, 0.2) is 0 Å². The minimum absolute atomic E-state index is 0.219. The maximum atomic E-state index is 12.5. The van der Waals surface area contributed by atoms with E-state index in [0.717, 1.165) is 24.2 Å². The number of unbranched alkanes of at least 4 members (excludes halogenated alkanes) is 1. The third kappa shape index (κ3) is 6.47. The normalized spacial score (nSPS) is 10.2. The number of urea groups is 1. The highest BCUT2D eigenvalue weighted by Gasteiger charge is 2.17. The Balaban J connectivity index is 1.98. The number of anilines is 1. The van der Waals surface area contributed by atoms with Crippen LogP contribution >= 0.6 is 0 Å². The predicted octanol–water partition coefficient (Wildman–Crippen LogP) is 3.98. The first-order valence-electron chi connectivity index (χ1n) is 8.63. The third-order valence-electron chi connectivity index (χ3n) is 3.70. The summed E-state index contributed by atoms with van der Waals surface area (Å²) < 4.78 is 5.58. The van der Waals surface area contributed by atoms with Crippen LogP contribution in [0.5, 0.6) is 5.75 Å². The SMILES string of the molecule is CCCCOc1ccc(NC(=O)N(CC(=O)O)Cc2ccccc2)cc1. The predicted molar refractivity (Wildman–Crippen MR) is 100 cm³/mol. The number of carboxylic acids is 1. The van der Waals surface area contributed by atoms with Crippen LogP contribution in [0.15, 0.2) is 54.6 Å². The van der Waals surface area contributed by atoms with Gasteiger partial charge in [0.25, 0.3) is 0 Å². The molecule has 26 heavy (non-hydrogen) atoms. The number of amides is 2. The van der Waals surface area contributed by atoms with Gasteiger partial charge in [-0.15, -0.1) is 0 Å². The summed E-state index contributed by atoms with van der Waals surface area (Å²) in [4.78, 5) is 24.8. The molecule has 0 spiro atoms. The minimum Gasteiger partial charge on any atom is -0.494 e. The van der Waals surface area contributed by atoms with Crippen LogP contribution in [0.3, 0.4) is 0 Å². The molecule has 0 aromatic heterocycles. The molecule has 6 nitrogen and oxygen atoms in total. The average Bonchev–Trinajstić information content (AvgIpc) is 2.63. The number of carboxylic acid groups (broad SMARTS) is 1. The molecule has 2 amide bonds. The summed E-state index contributed by atoms with van der Waals surface area (Å²) >= 11 is 0. The fourth-order valence-corrected chi connectivity index (χ4v) is 2.34. The van der Waals surface area contributed by atoms with Gasteiger partial charge in [-0.1, -0.05) is 43.7 Å². The van der Waals surface area contributed by atoms with E-state index in [1.807, 2.05) is 30.3 Å². The molecule has 2 rings (SSSR count). The maximum Gasteiger partial charge on any atom is 0.323 e. The van der Waals surface area contributed by atoms with Crippen molar-refractivity contribution in [3.63, 3.8) is 0 Å². The van der Waals surface area contributed by atoms with Crippen molar-refractivity contribution >= 4 is 17.7 Å². The Hall–Kier alpha value is -3.02. The lowest BCUT2D eigenvalue weighted by atomic mass is 10.2. The zero-order valence-corrected chi connectivity index (χ0v) is 14.9. The van der Waals surface area contributed by atoms with Crippen LogP contribution in [0.1, 0.15) is 25.3 Å². The molecule has 0 saturated carbocycles. The first-order chi connectivity index (χ1) is 12.6. The Kier molecular flexibility index (Phi) is 7.49. The number of hydrogen-bond donors (Lipinski definition) is 2. The summed E-state index contributed by atoms with van der Waals surface area (Å²) in [6, 6.07) is 15.8. The van der Waals surface area contributed by atoms with Gasteiger partial charge in [0.1, 0.15) is 12.3 Å². The van der Waals surface area contributed by atoms with Gasteiger partial charge in [-0.25, -0.2) is 4.79 Å². The van der Waals surface area contributed by atoms with E-state index in [9.17, 15) is 9.59 Å². The fraction of sp³-hybridized carbons (Fsp3) is 0.300. The van der Waals surface area contributed by atoms with Crippen LogP contribution in [0.4, 0.5) is 10.5 Å². The van der Waals surface area contributed by atoms with E-state index in [2.05, 4.69) is 12.2 Å². The number of aliphatic carboxylic acids is 1. The van der Waals surface area contributed by atoms with Gasteiger partial charge in [0, 0.05) is 12.2 Å². The second kappa shape index (κ2) is 10.1. The van der Waals surface area contributed by atoms with E-state index in [0.29, 0.717) is 12.3 Å². The van der Waals surface area contributed by atoms with Gasteiger partial charge < -0.3 is 20.1 Å². The fourth-order valence-electron chi connectivity index (χ4n) is 2.34. The number of rotatable bonds is 9. The Morgan fingerprint density at radius 2 is 1.77 bits per heavy atom. The van der Waals surface area contributed by atoms with Crippen LogP contribution in [-0.4, -0.2) is 35.2 Å². The van der Waals surface area contributed by atoms with Gasteiger partial charge >= 0.3 is 12.0 Å². The lowest BCUT2D eigenvalue weighted by Gasteiger charge is -2.21. The number of benzene rings is 2. The molecule has 0 radical (unpaired) electrons. The van der Waals surface area contributed by atoms with Crippen LogP contribution in [0.2, 0.25) is 0 Å². The average molecular weight is 356 g/mol. The first-order valence-corrected chi connectivity index (χ1v) is 8.63. The number of carbonyl (C=O) groups excluding carboxylic acids is 1. The standard InChI is InChI=1S/C20H24N2O4/c1-2-3-13-26-18-11-9-17(10-12-18)21-20(25)22(15-19(23)24)14-16-7-5-4-6-8-16/h4-12H,2-3,13-15H2,1H3,(H,21,25)(H,23,24). The largest absolute Gasteiger partial charge is 0.494 e. The Morgan fingerprint density at radius 1 is 1.08 bits per heavy atom. The van der Waals surface area contributed by atoms with Crippen LogP contribution in [0.25, 0.3) is 0 Å². The van der Waals surface area contributed by atoms with Crippen molar-refractivity contribution in [3.05, 3.63) is 60.2 Å². The number of ether oxygens (including phenoxy) is 1. The maximum absolute atomic E-state index is 12.5. The summed E-state index contributed by atoms with van der Waals surface area (Å²) in [7, 11) is 0. The second-order valence-electron chi connectivity index (χ2n) is 5.89. The molecule has 0 fully saturated rings. The molecule has 6 heteroatoms. The highest BCUT2D eigenvalue weighted by Crippen LogP contribution is 2.17. The molecule has 0 aliphatic rings. The van der Waals surface area contributed by atoms with E-state index in [4.69, 9.17) is 9.84 Å². The number of carbonyl (C=O) groups is 2. The molecule has 2 aromatic carbocycles. The van der Waals surface area contributed by atoms with E-state index in [1.54, 1.807) is 24.3 Å². The summed E-state index contributed by atoms with van der Waals surface area (Å²) in [6.07, 6.45) is 2.05. The van der Waals surface area contributed by atoms with Crippen molar-refractivity contribution in [1.82, 2.24) is 4.90 Å². The van der Waals surface area contributed by atoms with Gasteiger partial charge in [-0.05, 0) is 36.2 Å². The quantitative estimate of drug-likeness (QED) is 0.666. The van der Waals surface area contributed by atoms with Crippen molar-refractivity contribution < 1.29 is 19.4 Å². The number of hydrogen-bond acceptors (Lipinski definition) is 3. The van der Waals surface area contributed by atoms with Crippen LogP contribution in [-0.2, 0) is 11.3 Å². The first kappa shape index (κ1) is 19.3. The van der Waals surface area contributed by atoms with Crippen LogP contribution in [0, 0.1) is 0 Å². The second-order valence-corrected chi connectivity index (χ2v) is 5.89. The van der Waals surface area contributed by atoms with Crippen molar-refractivity contribution in [2.45, 2.75) is 26.3 Å². The molecular weight excluding hydrogens is 332 g/mol. The van der Waals surface area contributed by atoms with Crippen molar-refractivity contribution in [2.75, 3.05) is 18.5 Å². The number of nitrogens with one attached hydrogen (secondary N) is 1. The molecule has 0 unspecified atom stereocenters. The molecular formula is C20H24N2O4. The Morgan fingerprint density at radius 3 is 2.38 bits per heavy atom. The Labute approximate surface area is 153 Å².